The number of hydrogen-bond acceptors (Lipinski definition) is 0. The van der Waals surface area contributed by atoms with Gasteiger partial charge in [0.1, 0.15) is 0 Å². The Bertz CT molecular complexity index is 461. The van der Waals surface area contributed by atoms with E-state index in [1.165, 1.54) is 27.8 Å². The van der Waals surface area contributed by atoms with E-state index in [0.717, 1.165) is 0 Å². The van der Waals surface area contributed by atoms with Crippen molar-refractivity contribution in [3.63, 3.8) is 0 Å². The van der Waals surface area contributed by atoms with Crippen LogP contribution in [0.1, 0.15) is 16.7 Å². The second-order valence-corrected chi connectivity index (χ2v) is 4.10. The monoisotopic (exact) mass is 195 g/mol. The van der Waals surface area contributed by atoms with Crippen LogP contribution in [0, 0.1) is 26.8 Å². The Labute approximate surface area is 91.6 Å². The lowest BCUT2D eigenvalue weighted by Crippen LogP contribution is -1.83. The normalized spacial score (nSPS) is 10.3. The average Bonchev–Trinajstić information content (AvgIpc) is 2.16. The Hall–Kier alpha value is -1.56. The fraction of sp³-hybridized carbons (Fsp3) is 0.200. The summed E-state index contributed by atoms with van der Waals surface area (Å²) in [6, 6.07) is 16.3. The van der Waals surface area contributed by atoms with Crippen LogP contribution in [-0.4, -0.2) is 0 Å². The summed E-state index contributed by atoms with van der Waals surface area (Å²) in [6.45, 7) is 6.30. The molecule has 0 aliphatic rings. The first-order chi connectivity index (χ1) is 7.15. The molecule has 2 rings (SSSR count). The standard InChI is InChI=1S/C15H15/c1-11-5-4-6-14(8-11)15-9-12(2)7-13(3)10-15/h4-6,8-10H,1-3H3. The lowest BCUT2D eigenvalue weighted by Gasteiger charge is -2.05. The summed E-state index contributed by atoms with van der Waals surface area (Å²) in [6.07, 6.45) is 0. The summed E-state index contributed by atoms with van der Waals surface area (Å²) < 4.78 is 0. The van der Waals surface area contributed by atoms with Crippen molar-refractivity contribution in [3.8, 4) is 11.1 Å². The predicted molar refractivity (Wildman–Crippen MR) is 64.9 cm³/mol. The van der Waals surface area contributed by atoms with E-state index in [-0.39, 0.29) is 0 Å². The van der Waals surface area contributed by atoms with Crippen LogP contribution in [0.15, 0.2) is 36.4 Å². The molecule has 0 aromatic heterocycles. The van der Waals surface area contributed by atoms with Gasteiger partial charge < -0.3 is 0 Å². The van der Waals surface area contributed by atoms with E-state index >= 15 is 0 Å². The van der Waals surface area contributed by atoms with Gasteiger partial charge in [0.2, 0.25) is 0 Å². The van der Waals surface area contributed by atoms with Gasteiger partial charge >= 0.3 is 0 Å². The summed E-state index contributed by atoms with van der Waals surface area (Å²) in [5.74, 6) is 0. The zero-order valence-electron chi connectivity index (χ0n) is 9.46. The average molecular weight is 195 g/mol. The molecule has 75 valence electrons. The fourth-order valence-electron chi connectivity index (χ4n) is 1.88. The van der Waals surface area contributed by atoms with Gasteiger partial charge in [-0.15, -0.1) is 0 Å². The molecule has 0 aliphatic carbocycles. The van der Waals surface area contributed by atoms with Crippen LogP contribution in [0.4, 0.5) is 0 Å². The molecular formula is C15H15. The van der Waals surface area contributed by atoms with E-state index in [2.05, 4.69) is 63.2 Å². The van der Waals surface area contributed by atoms with Crippen LogP contribution in [-0.2, 0) is 0 Å². The van der Waals surface area contributed by atoms with Crippen LogP contribution < -0.4 is 0 Å². The third-order valence-corrected chi connectivity index (χ3v) is 2.49. The summed E-state index contributed by atoms with van der Waals surface area (Å²) in [4.78, 5) is 0. The van der Waals surface area contributed by atoms with Crippen LogP contribution in [0.25, 0.3) is 11.1 Å². The van der Waals surface area contributed by atoms with Gasteiger partial charge in [-0.25, -0.2) is 0 Å². The molecule has 0 heterocycles. The van der Waals surface area contributed by atoms with Crippen LogP contribution >= 0.6 is 0 Å². The second kappa shape index (κ2) is 3.90. The zero-order valence-corrected chi connectivity index (χ0v) is 9.46. The lowest BCUT2D eigenvalue weighted by atomic mass is 10.00. The molecule has 0 saturated heterocycles. The molecule has 0 aliphatic heterocycles. The first-order valence-corrected chi connectivity index (χ1v) is 5.23. The smallest absolute Gasteiger partial charge is 0.0120 e. The van der Waals surface area contributed by atoms with E-state index in [1.807, 2.05) is 0 Å². The molecular weight excluding hydrogens is 180 g/mol. The van der Waals surface area contributed by atoms with Gasteiger partial charge in [-0.2, -0.15) is 0 Å². The Morgan fingerprint density at radius 2 is 1.47 bits per heavy atom. The summed E-state index contributed by atoms with van der Waals surface area (Å²) in [5.41, 5.74) is 6.27. The maximum atomic E-state index is 3.29. The molecule has 0 spiro atoms. The quantitative estimate of drug-likeness (QED) is 0.643. The Kier molecular flexibility index (Phi) is 2.59. The van der Waals surface area contributed by atoms with E-state index in [1.54, 1.807) is 0 Å². The molecule has 0 N–H and O–H groups in total. The van der Waals surface area contributed by atoms with E-state index < -0.39 is 0 Å². The molecule has 2 aromatic carbocycles. The van der Waals surface area contributed by atoms with Gasteiger partial charge in [0.15, 0.2) is 0 Å². The minimum atomic E-state index is 1.20. The van der Waals surface area contributed by atoms with Gasteiger partial charge in [-0.1, -0.05) is 42.0 Å². The SMILES string of the molecule is Cc1[c]c(C)cc(-c2cccc(C)c2)c1. The minimum Gasteiger partial charge on any atom is -0.0614 e. The highest BCUT2D eigenvalue weighted by Gasteiger charge is 1.99. The third kappa shape index (κ3) is 2.27. The summed E-state index contributed by atoms with van der Waals surface area (Å²) in [7, 11) is 0. The number of aryl methyl sites for hydroxylation is 3. The molecule has 2 aromatic rings. The zero-order chi connectivity index (χ0) is 10.8. The first kappa shape index (κ1) is 9.97. The highest BCUT2D eigenvalue weighted by Crippen LogP contribution is 2.22. The third-order valence-electron chi connectivity index (χ3n) is 2.49. The van der Waals surface area contributed by atoms with Crippen molar-refractivity contribution in [2.45, 2.75) is 20.8 Å². The van der Waals surface area contributed by atoms with Crippen molar-refractivity contribution in [3.05, 3.63) is 59.2 Å². The van der Waals surface area contributed by atoms with Crippen LogP contribution in [0.2, 0.25) is 0 Å². The van der Waals surface area contributed by atoms with E-state index in [4.69, 9.17) is 0 Å². The Morgan fingerprint density at radius 3 is 2.07 bits per heavy atom. The molecule has 0 atom stereocenters. The molecule has 0 saturated carbocycles. The van der Waals surface area contributed by atoms with Crippen molar-refractivity contribution in [1.29, 1.82) is 0 Å². The maximum Gasteiger partial charge on any atom is -0.0120 e. The number of benzene rings is 2. The van der Waals surface area contributed by atoms with Gasteiger partial charge in [-0.3, -0.25) is 0 Å². The highest BCUT2D eigenvalue weighted by molar-refractivity contribution is 5.65. The molecule has 0 fully saturated rings. The topological polar surface area (TPSA) is 0 Å². The second-order valence-electron chi connectivity index (χ2n) is 4.10. The lowest BCUT2D eigenvalue weighted by molar-refractivity contribution is 1.36. The summed E-state index contributed by atoms with van der Waals surface area (Å²) >= 11 is 0. The molecule has 1 radical (unpaired) electrons. The Morgan fingerprint density at radius 1 is 0.800 bits per heavy atom. The predicted octanol–water partition coefficient (Wildman–Crippen LogP) is 4.08. The van der Waals surface area contributed by atoms with Gasteiger partial charge in [0, 0.05) is 0 Å². The molecule has 15 heavy (non-hydrogen) atoms. The number of hydrogen-bond donors (Lipinski definition) is 0. The molecule has 0 nitrogen and oxygen atoms in total. The van der Waals surface area contributed by atoms with E-state index in [9.17, 15) is 0 Å². The van der Waals surface area contributed by atoms with Crippen molar-refractivity contribution in [2.75, 3.05) is 0 Å². The van der Waals surface area contributed by atoms with Crippen LogP contribution in [0.5, 0.6) is 0 Å². The highest BCUT2D eigenvalue weighted by atomic mass is 14.0. The van der Waals surface area contributed by atoms with Gasteiger partial charge in [-0.05, 0) is 49.1 Å². The molecule has 0 unspecified atom stereocenters. The molecule has 0 heteroatoms. The maximum absolute atomic E-state index is 3.29. The van der Waals surface area contributed by atoms with Crippen molar-refractivity contribution < 1.29 is 0 Å². The minimum absolute atomic E-state index is 1.20. The van der Waals surface area contributed by atoms with Gasteiger partial charge in [0.25, 0.3) is 0 Å². The van der Waals surface area contributed by atoms with Gasteiger partial charge in [0.05, 0.1) is 0 Å². The Balaban J connectivity index is 2.54. The van der Waals surface area contributed by atoms with Crippen molar-refractivity contribution in [2.24, 2.45) is 0 Å². The van der Waals surface area contributed by atoms with Crippen molar-refractivity contribution in [1.82, 2.24) is 0 Å². The largest absolute Gasteiger partial charge is 0.0614 e. The van der Waals surface area contributed by atoms with Crippen LogP contribution in [0.3, 0.4) is 0 Å². The molecule has 0 bridgehead atoms. The summed E-state index contributed by atoms with van der Waals surface area (Å²) in [5, 5.41) is 0. The first-order valence-electron chi connectivity index (χ1n) is 5.23. The fourth-order valence-corrected chi connectivity index (χ4v) is 1.88. The molecule has 0 amide bonds. The number of rotatable bonds is 1. The van der Waals surface area contributed by atoms with Crippen molar-refractivity contribution >= 4 is 0 Å². The van der Waals surface area contributed by atoms with E-state index in [0.29, 0.717) is 0 Å².